The van der Waals surface area contributed by atoms with Gasteiger partial charge >= 0.3 is 0 Å². The van der Waals surface area contributed by atoms with Gasteiger partial charge in [-0.05, 0) is 25.1 Å². The molecule has 94 valence electrons. The van der Waals surface area contributed by atoms with Gasteiger partial charge in [-0.1, -0.05) is 11.6 Å². The molecule has 1 aliphatic heterocycles. The summed E-state index contributed by atoms with van der Waals surface area (Å²) in [5.41, 5.74) is 2.20. The van der Waals surface area contributed by atoms with Crippen LogP contribution in [0.5, 0.6) is 0 Å². The van der Waals surface area contributed by atoms with E-state index in [4.69, 9.17) is 11.6 Å². The Morgan fingerprint density at radius 1 is 1.29 bits per heavy atom. The highest BCUT2D eigenvalue weighted by Crippen LogP contribution is 2.25. The van der Waals surface area contributed by atoms with Crippen LogP contribution in [0.4, 0.5) is 0 Å². The molecule has 1 saturated heterocycles. The second kappa shape index (κ2) is 5.91. The van der Waals surface area contributed by atoms with Crippen molar-refractivity contribution in [1.29, 1.82) is 0 Å². The minimum Gasteiger partial charge on any atom is -0.343 e. The lowest BCUT2D eigenvalue weighted by Gasteiger charge is -2.03. The zero-order valence-corrected chi connectivity index (χ0v) is 11.5. The molecule has 6 heteroatoms. The summed E-state index contributed by atoms with van der Waals surface area (Å²) < 4.78 is 0. The van der Waals surface area contributed by atoms with Crippen molar-refractivity contribution in [3.05, 3.63) is 29.0 Å². The van der Waals surface area contributed by atoms with Crippen molar-refractivity contribution in [2.75, 3.05) is 13.1 Å². The van der Waals surface area contributed by atoms with Crippen molar-refractivity contribution < 1.29 is 0 Å². The predicted molar refractivity (Wildman–Crippen MR) is 75.8 cm³/mol. The summed E-state index contributed by atoms with van der Waals surface area (Å²) in [5.74, 6) is 0.595. The summed E-state index contributed by atoms with van der Waals surface area (Å²) in [4.78, 5) is 7.62. The highest BCUT2D eigenvalue weighted by atomic mass is 35.5. The van der Waals surface area contributed by atoms with Crippen LogP contribution >= 0.6 is 36.4 Å². The lowest BCUT2D eigenvalue weighted by molar-refractivity contribution is 0.743. The zero-order valence-electron chi connectivity index (χ0n) is 9.07. The largest absolute Gasteiger partial charge is 0.343 e. The number of rotatable bonds is 1. The van der Waals surface area contributed by atoms with Crippen LogP contribution in [0.1, 0.15) is 18.0 Å². The van der Waals surface area contributed by atoms with E-state index in [9.17, 15) is 0 Å². The predicted octanol–water partition coefficient (Wildman–Crippen LogP) is 3.14. The Morgan fingerprint density at radius 3 is 2.82 bits per heavy atom. The number of fused-ring (bicyclic) bond motifs is 1. The molecule has 0 saturated carbocycles. The van der Waals surface area contributed by atoms with Crippen molar-refractivity contribution in [3.8, 4) is 0 Å². The molecule has 17 heavy (non-hydrogen) atoms. The first-order chi connectivity index (χ1) is 7.33. The third-order valence-corrected chi connectivity index (χ3v) is 3.16. The molecule has 2 aromatic rings. The van der Waals surface area contributed by atoms with Crippen LogP contribution in [-0.4, -0.2) is 23.1 Å². The van der Waals surface area contributed by atoms with E-state index in [2.05, 4.69) is 21.4 Å². The molecular formula is C11H14Cl3N3. The van der Waals surface area contributed by atoms with Crippen LogP contribution in [0.15, 0.2) is 18.3 Å². The molecule has 0 radical (unpaired) electrons. The van der Waals surface area contributed by atoms with E-state index in [1.54, 1.807) is 6.20 Å². The highest BCUT2D eigenvalue weighted by Gasteiger charge is 2.18. The van der Waals surface area contributed by atoms with Gasteiger partial charge in [-0.2, -0.15) is 0 Å². The second-order valence-electron chi connectivity index (χ2n) is 4.01. The van der Waals surface area contributed by atoms with Crippen LogP contribution < -0.4 is 5.32 Å². The molecule has 3 rings (SSSR count). The minimum atomic E-state index is 0. The maximum absolute atomic E-state index is 5.90. The molecule has 0 aliphatic carbocycles. The van der Waals surface area contributed by atoms with Gasteiger partial charge in [0.15, 0.2) is 0 Å². The van der Waals surface area contributed by atoms with Crippen molar-refractivity contribution in [2.45, 2.75) is 12.3 Å². The van der Waals surface area contributed by atoms with Crippen LogP contribution in [0.3, 0.4) is 0 Å². The van der Waals surface area contributed by atoms with E-state index in [0.29, 0.717) is 10.9 Å². The number of aromatic amines is 1. The molecule has 1 unspecified atom stereocenters. The molecule has 3 heterocycles. The van der Waals surface area contributed by atoms with Gasteiger partial charge in [0.05, 0.1) is 5.02 Å². The Balaban J connectivity index is 0.000000722. The van der Waals surface area contributed by atoms with Gasteiger partial charge in [0.25, 0.3) is 0 Å². The van der Waals surface area contributed by atoms with Crippen LogP contribution in [0, 0.1) is 0 Å². The first-order valence-electron chi connectivity index (χ1n) is 5.18. The zero-order chi connectivity index (χ0) is 10.3. The number of halogens is 3. The summed E-state index contributed by atoms with van der Waals surface area (Å²) in [6, 6.07) is 4.11. The molecule has 1 atom stereocenters. The van der Waals surface area contributed by atoms with Gasteiger partial charge < -0.3 is 10.3 Å². The standard InChI is InChI=1S/C11H12ClN3.2ClH/c12-9-3-8-4-10(7-1-2-13-5-7)15-11(8)14-6-9;;/h3-4,6-7,13H,1-2,5H2,(H,14,15);2*1H. The van der Waals surface area contributed by atoms with E-state index in [1.165, 1.54) is 12.1 Å². The Bertz CT molecular complexity index is 492. The number of H-pyrrole nitrogens is 1. The molecular weight excluding hydrogens is 281 g/mol. The number of nitrogens with zero attached hydrogens (tertiary/aromatic N) is 1. The van der Waals surface area contributed by atoms with Crippen molar-refractivity contribution in [3.63, 3.8) is 0 Å². The Kier molecular flexibility index (Phi) is 5.07. The second-order valence-corrected chi connectivity index (χ2v) is 4.44. The number of pyridine rings is 1. The van der Waals surface area contributed by atoms with E-state index >= 15 is 0 Å². The van der Waals surface area contributed by atoms with Gasteiger partial charge in [0, 0.05) is 29.7 Å². The third-order valence-electron chi connectivity index (χ3n) is 2.96. The summed E-state index contributed by atoms with van der Waals surface area (Å²) in [6.45, 7) is 2.16. The minimum absolute atomic E-state index is 0. The fourth-order valence-electron chi connectivity index (χ4n) is 2.15. The van der Waals surface area contributed by atoms with Gasteiger partial charge in [-0.25, -0.2) is 4.98 Å². The average molecular weight is 295 g/mol. The van der Waals surface area contributed by atoms with Crippen molar-refractivity contribution >= 4 is 47.4 Å². The molecule has 2 aromatic heterocycles. The molecule has 1 fully saturated rings. The molecule has 0 amide bonds. The van der Waals surface area contributed by atoms with Gasteiger partial charge in [-0.15, -0.1) is 24.8 Å². The fourth-order valence-corrected chi connectivity index (χ4v) is 2.32. The molecule has 0 spiro atoms. The van der Waals surface area contributed by atoms with E-state index < -0.39 is 0 Å². The smallest absolute Gasteiger partial charge is 0.137 e. The normalized spacial score (nSPS) is 18.8. The monoisotopic (exact) mass is 293 g/mol. The van der Waals surface area contributed by atoms with Gasteiger partial charge in [-0.3, -0.25) is 0 Å². The molecule has 0 bridgehead atoms. The Hall–Kier alpha value is -0.480. The summed E-state index contributed by atoms with van der Waals surface area (Å²) >= 11 is 5.90. The summed E-state index contributed by atoms with van der Waals surface area (Å²) in [7, 11) is 0. The molecule has 0 aromatic carbocycles. The summed E-state index contributed by atoms with van der Waals surface area (Å²) in [6.07, 6.45) is 2.87. The van der Waals surface area contributed by atoms with Crippen LogP contribution in [-0.2, 0) is 0 Å². The molecule has 2 N–H and O–H groups in total. The quantitative estimate of drug-likeness (QED) is 0.848. The van der Waals surface area contributed by atoms with Gasteiger partial charge in [0.2, 0.25) is 0 Å². The topological polar surface area (TPSA) is 40.7 Å². The number of aromatic nitrogens is 2. The first kappa shape index (κ1) is 14.6. The molecule has 1 aliphatic rings. The van der Waals surface area contributed by atoms with Crippen molar-refractivity contribution in [2.24, 2.45) is 0 Å². The lowest BCUT2D eigenvalue weighted by Crippen LogP contribution is -2.07. The number of hydrogen-bond acceptors (Lipinski definition) is 2. The fraction of sp³-hybridized carbons (Fsp3) is 0.364. The Labute approximate surface area is 117 Å². The number of hydrogen-bond donors (Lipinski definition) is 2. The third kappa shape index (κ3) is 2.86. The Morgan fingerprint density at radius 2 is 2.12 bits per heavy atom. The maximum atomic E-state index is 5.90. The first-order valence-corrected chi connectivity index (χ1v) is 5.55. The highest BCUT2D eigenvalue weighted by molar-refractivity contribution is 6.31. The van der Waals surface area contributed by atoms with E-state index in [1.807, 2.05) is 6.07 Å². The van der Waals surface area contributed by atoms with Crippen molar-refractivity contribution in [1.82, 2.24) is 15.3 Å². The van der Waals surface area contributed by atoms with E-state index in [0.717, 1.165) is 24.1 Å². The van der Waals surface area contributed by atoms with Gasteiger partial charge in [0.1, 0.15) is 5.65 Å². The number of nitrogens with one attached hydrogen (secondary N) is 2. The summed E-state index contributed by atoms with van der Waals surface area (Å²) in [5, 5.41) is 5.15. The van der Waals surface area contributed by atoms with Crippen LogP contribution in [0.2, 0.25) is 5.02 Å². The molecule has 3 nitrogen and oxygen atoms in total. The van der Waals surface area contributed by atoms with E-state index in [-0.39, 0.29) is 24.8 Å². The average Bonchev–Trinajstić information content (AvgIpc) is 2.84. The van der Waals surface area contributed by atoms with Crippen LogP contribution in [0.25, 0.3) is 11.0 Å². The maximum Gasteiger partial charge on any atom is 0.137 e. The SMILES string of the molecule is Cl.Cl.Clc1cnc2[nH]c(C3CCNC3)cc2c1. The lowest BCUT2D eigenvalue weighted by atomic mass is 10.1.